The number of ether oxygens (including phenoxy) is 2. The van der Waals surface area contributed by atoms with E-state index in [-0.39, 0.29) is 17.1 Å². The number of para-hydroxylation sites is 1. The molecule has 7 nitrogen and oxygen atoms in total. The molecule has 0 unspecified atom stereocenters. The summed E-state index contributed by atoms with van der Waals surface area (Å²) in [4.78, 5) is 23.2. The molecule has 0 radical (unpaired) electrons. The van der Waals surface area contributed by atoms with E-state index < -0.39 is 36.7 Å². The molecule has 0 aromatic heterocycles. The standard InChI is InChI=1S/C17H13F2N3O4/c18-12-5-6-15(13(19)7-12)26-10-17(24)22-21-16(23)9-25-14-4-2-1-3-11(14)8-20/h1-7H,9-10H2,(H,21,23)(H,22,24). The highest BCUT2D eigenvalue weighted by Gasteiger charge is 2.10. The lowest BCUT2D eigenvalue weighted by Gasteiger charge is -2.10. The summed E-state index contributed by atoms with van der Waals surface area (Å²) in [5.74, 6) is -3.24. The van der Waals surface area contributed by atoms with Gasteiger partial charge in [0.15, 0.2) is 24.8 Å². The normalized spacial score (nSPS) is 9.73. The van der Waals surface area contributed by atoms with Crippen molar-refractivity contribution in [3.8, 4) is 17.6 Å². The first-order valence-corrected chi connectivity index (χ1v) is 7.27. The lowest BCUT2D eigenvalue weighted by Crippen LogP contribution is -2.45. The molecule has 0 saturated carbocycles. The molecule has 0 spiro atoms. The van der Waals surface area contributed by atoms with Gasteiger partial charge in [-0.15, -0.1) is 0 Å². The molecule has 134 valence electrons. The Morgan fingerprint density at radius 2 is 1.58 bits per heavy atom. The van der Waals surface area contributed by atoms with E-state index in [2.05, 4.69) is 5.43 Å². The number of hydrogen-bond acceptors (Lipinski definition) is 5. The average Bonchev–Trinajstić information content (AvgIpc) is 2.64. The zero-order valence-corrected chi connectivity index (χ0v) is 13.3. The van der Waals surface area contributed by atoms with E-state index in [1.54, 1.807) is 12.1 Å². The van der Waals surface area contributed by atoms with Gasteiger partial charge in [0.05, 0.1) is 5.56 Å². The Bertz CT molecular complexity index is 852. The zero-order valence-electron chi connectivity index (χ0n) is 13.3. The van der Waals surface area contributed by atoms with Crippen LogP contribution in [0.4, 0.5) is 8.78 Å². The van der Waals surface area contributed by atoms with Crippen molar-refractivity contribution in [3.05, 3.63) is 59.7 Å². The van der Waals surface area contributed by atoms with Crippen molar-refractivity contribution in [2.45, 2.75) is 0 Å². The molecule has 2 aromatic rings. The summed E-state index contributed by atoms with van der Waals surface area (Å²) in [5.41, 5.74) is 4.38. The fraction of sp³-hybridized carbons (Fsp3) is 0.118. The summed E-state index contributed by atoms with van der Waals surface area (Å²) in [7, 11) is 0. The number of hydrazine groups is 1. The van der Waals surface area contributed by atoms with E-state index in [0.717, 1.165) is 12.1 Å². The molecular formula is C17H13F2N3O4. The Morgan fingerprint density at radius 1 is 0.962 bits per heavy atom. The molecule has 0 bridgehead atoms. The Kier molecular flexibility index (Phi) is 6.45. The fourth-order valence-corrected chi connectivity index (χ4v) is 1.78. The number of carbonyl (C=O) groups is 2. The molecule has 2 aromatic carbocycles. The Labute approximate surface area is 147 Å². The third-order valence-corrected chi connectivity index (χ3v) is 2.96. The molecule has 2 rings (SSSR count). The molecule has 2 amide bonds. The van der Waals surface area contributed by atoms with Gasteiger partial charge in [-0.3, -0.25) is 20.4 Å². The second kappa shape index (κ2) is 8.98. The molecule has 9 heteroatoms. The van der Waals surface area contributed by atoms with Gasteiger partial charge in [-0.1, -0.05) is 12.1 Å². The van der Waals surface area contributed by atoms with E-state index >= 15 is 0 Å². The summed E-state index contributed by atoms with van der Waals surface area (Å²) >= 11 is 0. The van der Waals surface area contributed by atoms with Gasteiger partial charge in [0.25, 0.3) is 11.8 Å². The summed E-state index contributed by atoms with van der Waals surface area (Å²) < 4.78 is 36.1. The highest BCUT2D eigenvalue weighted by molar-refractivity contribution is 5.83. The predicted octanol–water partition coefficient (Wildman–Crippen LogP) is 1.44. The van der Waals surface area contributed by atoms with Gasteiger partial charge in [-0.25, -0.2) is 8.78 Å². The molecule has 0 aliphatic rings. The largest absolute Gasteiger partial charge is 0.482 e. The van der Waals surface area contributed by atoms with Gasteiger partial charge in [0.1, 0.15) is 17.6 Å². The molecule has 0 atom stereocenters. The van der Waals surface area contributed by atoms with Crippen molar-refractivity contribution in [1.29, 1.82) is 5.26 Å². The topological polar surface area (TPSA) is 100 Å². The maximum atomic E-state index is 13.3. The zero-order chi connectivity index (χ0) is 18.9. The van der Waals surface area contributed by atoms with E-state index in [4.69, 9.17) is 14.7 Å². The minimum Gasteiger partial charge on any atom is -0.482 e. The molecule has 0 aliphatic carbocycles. The number of amides is 2. The Hall–Kier alpha value is -3.67. The van der Waals surface area contributed by atoms with Crippen LogP contribution in [0.3, 0.4) is 0 Å². The maximum Gasteiger partial charge on any atom is 0.276 e. The van der Waals surface area contributed by atoms with Gasteiger partial charge in [-0.05, 0) is 24.3 Å². The van der Waals surface area contributed by atoms with Gasteiger partial charge >= 0.3 is 0 Å². The highest BCUT2D eigenvalue weighted by Crippen LogP contribution is 2.17. The van der Waals surface area contributed by atoms with Gasteiger partial charge in [0, 0.05) is 6.07 Å². The van der Waals surface area contributed by atoms with Gasteiger partial charge in [0.2, 0.25) is 0 Å². The monoisotopic (exact) mass is 361 g/mol. The molecular weight excluding hydrogens is 348 g/mol. The Morgan fingerprint density at radius 3 is 2.19 bits per heavy atom. The van der Waals surface area contributed by atoms with Crippen molar-refractivity contribution in [2.24, 2.45) is 0 Å². The predicted molar refractivity (Wildman–Crippen MR) is 84.8 cm³/mol. The molecule has 0 saturated heterocycles. The Balaban J connectivity index is 1.73. The van der Waals surface area contributed by atoms with Crippen molar-refractivity contribution < 1.29 is 27.8 Å². The first kappa shape index (κ1) is 18.7. The summed E-state index contributed by atoms with van der Waals surface area (Å²) in [5, 5.41) is 8.90. The van der Waals surface area contributed by atoms with Gasteiger partial charge < -0.3 is 9.47 Å². The third kappa shape index (κ3) is 5.45. The van der Waals surface area contributed by atoms with Crippen molar-refractivity contribution >= 4 is 11.8 Å². The second-order valence-corrected chi connectivity index (χ2v) is 4.86. The first-order chi connectivity index (χ1) is 12.5. The molecule has 2 N–H and O–H groups in total. The summed E-state index contributed by atoms with van der Waals surface area (Å²) in [6.45, 7) is -1.03. The number of carbonyl (C=O) groups excluding carboxylic acids is 2. The van der Waals surface area contributed by atoms with Crippen LogP contribution in [0.1, 0.15) is 5.56 Å². The third-order valence-electron chi connectivity index (χ3n) is 2.96. The van der Waals surface area contributed by atoms with Crippen LogP contribution < -0.4 is 20.3 Å². The minimum absolute atomic E-state index is 0.228. The van der Waals surface area contributed by atoms with E-state index in [0.29, 0.717) is 6.07 Å². The maximum absolute atomic E-state index is 13.3. The smallest absolute Gasteiger partial charge is 0.276 e. The van der Waals surface area contributed by atoms with Crippen LogP contribution in [0.25, 0.3) is 0 Å². The SMILES string of the molecule is N#Cc1ccccc1OCC(=O)NNC(=O)COc1ccc(F)cc1F. The number of nitrogens with one attached hydrogen (secondary N) is 2. The van der Waals surface area contributed by atoms with E-state index in [1.807, 2.05) is 11.5 Å². The van der Waals surface area contributed by atoms with Crippen LogP contribution in [0, 0.1) is 23.0 Å². The van der Waals surface area contributed by atoms with Crippen molar-refractivity contribution in [2.75, 3.05) is 13.2 Å². The lowest BCUT2D eigenvalue weighted by atomic mass is 10.2. The first-order valence-electron chi connectivity index (χ1n) is 7.27. The van der Waals surface area contributed by atoms with Crippen LogP contribution in [0.5, 0.6) is 11.5 Å². The fourth-order valence-electron chi connectivity index (χ4n) is 1.78. The molecule has 0 heterocycles. The summed E-state index contributed by atoms with van der Waals surface area (Å²) in [6, 6.07) is 10.9. The van der Waals surface area contributed by atoms with Crippen LogP contribution >= 0.6 is 0 Å². The quantitative estimate of drug-likeness (QED) is 0.759. The average molecular weight is 361 g/mol. The minimum atomic E-state index is -0.952. The molecule has 26 heavy (non-hydrogen) atoms. The van der Waals surface area contributed by atoms with E-state index in [1.165, 1.54) is 12.1 Å². The van der Waals surface area contributed by atoms with Crippen molar-refractivity contribution in [3.63, 3.8) is 0 Å². The number of halogens is 2. The number of nitriles is 1. The summed E-state index contributed by atoms with van der Waals surface area (Å²) in [6.07, 6.45) is 0. The molecule has 0 fully saturated rings. The number of rotatable bonds is 6. The van der Waals surface area contributed by atoms with Crippen LogP contribution in [0.15, 0.2) is 42.5 Å². The van der Waals surface area contributed by atoms with Crippen LogP contribution in [-0.4, -0.2) is 25.0 Å². The second-order valence-electron chi connectivity index (χ2n) is 4.86. The van der Waals surface area contributed by atoms with E-state index in [9.17, 15) is 18.4 Å². The number of hydrogen-bond donors (Lipinski definition) is 2. The van der Waals surface area contributed by atoms with Crippen LogP contribution in [0.2, 0.25) is 0 Å². The number of nitrogens with zero attached hydrogens (tertiary/aromatic N) is 1. The molecule has 0 aliphatic heterocycles. The van der Waals surface area contributed by atoms with Gasteiger partial charge in [-0.2, -0.15) is 5.26 Å². The lowest BCUT2D eigenvalue weighted by molar-refractivity contribution is -0.131. The van der Waals surface area contributed by atoms with Crippen LogP contribution in [-0.2, 0) is 9.59 Å². The van der Waals surface area contributed by atoms with Crippen molar-refractivity contribution in [1.82, 2.24) is 10.9 Å². The highest BCUT2D eigenvalue weighted by atomic mass is 19.1. The number of benzene rings is 2.